The van der Waals surface area contributed by atoms with Crippen LogP contribution in [0, 0.1) is 10.1 Å². The van der Waals surface area contributed by atoms with E-state index in [2.05, 4.69) is 10.2 Å². The van der Waals surface area contributed by atoms with Gasteiger partial charge in [0.25, 0.3) is 5.69 Å². The van der Waals surface area contributed by atoms with Gasteiger partial charge in [-0.2, -0.15) is 0 Å². The largest absolute Gasteiger partial charge is 0.505 e. The molecule has 1 N–H and O–H groups in total. The molecule has 0 unspecified atom stereocenters. The molecule has 0 radical (unpaired) electrons. The van der Waals surface area contributed by atoms with Crippen LogP contribution in [-0.4, -0.2) is 22.6 Å². The summed E-state index contributed by atoms with van der Waals surface area (Å²) in [5.41, 5.74) is -0.415. The molecule has 0 aromatic heterocycles. The van der Waals surface area contributed by atoms with Gasteiger partial charge < -0.3 is 9.84 Å². The summed E-state index contributed by atoms with van der Waals surface area (Å²) < 4.78 is 4.87. The molecule has 2 aromatic rings. The Hall–Kier alpha value is -3.55. The lowest BCUT2D eigenvalue weighted by atomic mass is 10.1. The first-order chi connectivity index (χ1) is 12.0. The van der Waals surface area contributed by atoms with Crippen LogP contribution in [0.25, 0.3) is 5.76 Å². The number of nitro groups is 1. The summed E-state index contributed by atoms with van der Waals surface area (Å²) in [6, 6.07) is 13.9. The zero-order valence-electron chi connectivity index (χ0n) is 13.3. The maximum Gasteiger partial charge on any atom is 0.362 e. The average Bonchev–Trinajstić information content (AvgIpc) is 2.63. The Bertz CT molecular complexity index is 831. The van der Waals surface area contributed by atoms with Crippen molar-refractivity contribution < 1.29 is 19.6 Å². The number of hydrogen-bond acceptors (Lipinski definition) is 7. The van der Waals surface area contributed by atoms with Crippen LogP contribution in [0.5, 0.6) is 0 Å². The number of azo groups is 1. The molecular formula is C17H15N3O5. The minimum Gasteiger partial charge on any atom is -0.505 e. The second-order valence-electron chi connectivity index (χ2n) is 4.73. The van der Waals surface area contributed by atoms with Crippen LogP contribution in [-0.2, 0) is 9.53 Å². The number of nitro benzene ring substituents is 1. The molecule has 0 saturated carbocycles. The van der Waals surface area contributed by atoms with E-state index in [0.717, 1.165) is 0 Å². The Morgan fingerprint density at radius 2 is 1.80 bits per heavy atom. The number of hydrogen-bond donors (Lipinski definition) is 1. The minimum atomic E-state index is -0.883. The number of carbonyl (C=O) groups excluding carboxylic acids is 1. The lowest BCUT2D eigenvalue weighted by Crippen LogP contribution is -2.08. The van der Waals surface area contributed by atoms with E-state index >= 15 is 0 Å². The zero-order chi connectivity index (χ0) is 18.2. The highest BCUT2D eigenvalue weighted by Gasteiger charge is 2.19. The summed E-state index contributed by atoms with van der Waals surface area (Å²) in [7, 11) is 0. The highest BCUT2D eigenvalue weighted by atomic mass is 16.6. The third kappa shape index (κ3) is 4.47. The molecular weight excluding hydrogens is 326 g/mol. The molecule has 0 atom stereocenters. The Morgan fingerprint density at radius 1 is 1.16 bits per heavy atom. The highest BCUT2D eigenvalue weighted by Crippen LogP contribution is 2.28. The highest BCUT2D eigenvalue weighted by molar-refractivity contribution is 5.95. The quantitative estimate of drug-likeness (QED) is 0.211. The first kappa shape index (κ1) is 17.8. The fraction of sp³-hybridized carbons (Fsp3) is 0.118. The zero-order valence-corrected chi connectivity index (χ0v) is 13.3. The second kappa shape index (κ2) is 8.34. The van der Waals surface area contributed by atoms with E-state index in [1.54, 1.807) is 43.3 Å². The van der Waals surface area contributed by atoms with Crippen molar-refractivity contribution >= 4 is 23.1 Å². The summed E-state index contributed by atoms with van der Waals surface area (Å²) in [5.74, 6) is -1.31. The number of esters is 1. The van der Waals surface area contributed by atoms with Gasteiger partial charge in [0.05, 0.1) is 11.5 Å². The molecule has 8 nitrogen and oxygen atoms in total. The van der Waals surface area contributed by atoms with E-state index < -0.39 is 22.3 Å². The van der Waals surface area contributed by atoms with Crippen molar-refractivity contribution in [1.29, 1.82) is 0 Å². The molecule has 8 heteroatoms. The molecule has 0 heterocycles. The summed E-state index contributed by atoms with van der Waals surface area (Å²) in [6.45, 7) is 1.68. The molecule has 0 aliphatic rings. The third-order valence-electron chi connectivity index (χ3n) is 3.08. The van der Waals surface area contributed by atoms with E-state index in [1.807, 2.05) is 0 Å². The lowest BCUT2D eigenvalue weighted by Gasteiger charge is -2.05. The van der Waals surface area contributed by atoms with Crippen molar-refractivity contribution in [2.45, 2.75) is 6.92 Å². The fourth-order valence-corrected chi connectivity index (χ4v) is 1.92. The third-order valence-corrected chi connectivity index (χ3v) is 3.08. The maximum atomic E-state index is 12.1. The van der Waals surface area contributed by atoms with Crippen LogP contribution in [0.15, 0.2) is 70.5 Å². The lowest BCUT2D eigenvalue weighted by molar-refractivity contribution is -0.384. The minimum absolute atomic E-state index is 0.0461. The molecule has 25 heavy (non-hydrogen) atoms. The smallest absolute Gasteiger partial charge is 0.362 e. The van der Waals surface area contributed by atoms with Crippen molar-refractivity contribution in [3.63, 3.8) is 0 Å². The van der Waals surface area contributed by atoms with Crippen molar-refractivity contribution in [1.82, 2.24) is 0 Å². The Morgan fingerprint density at radius 3 is 2.44 bits per heavy atom. The standard InChI is InChI=1S/C17H15N3O5/c1-2-25-17(22)15(16(21)12-8-4-3-5-9-12)19-18-13-10-6-7-11-14(13)20(23)24/h3-11,21H,2H2,1H3/b16-15+,19-18?. The van der Waals surface area contributed by atoms with Gasteiger partial charge in [0.2, 0.25) is 5.70 Å². The van der Waals surface area contributed by atoms with Gasteiger partial charge in [0.1, 0.15) is 0 Å². The topological polar surface area (TPSA) is 114 Å². The molecule has 2 aromatic carbocycles. The average molecular weight is 341 g/mol. The summed E-state index contributed by atoms with van der Waals surface area (Å²) in [4.78, 5) is 22.5. The van der Waals surface area contributed by atoms with Crippen molar-refractivity contribution in [3.8, 4) is 0 Å². The number of aliphatic hydroxyl groups is 1. The number of carbonyl (C=O) groups is 1. The molecule has 0 amide bonds. The van der Waals surface area contributed by atoms with E-state index in [-0.39, 0.29) is 18.0 Å². The van der Waals surface area contributed by atoms with Gasteiger partial charge in [-0.05, 0) is 13.0 Å². The molecule has 0 aliphatic heterocycles. The summed E-state index contributed by atoms with van der Waals surface area (Å²) in [6.07, 6.45) is 0. The first-order valence-corrected chi connectivity index (χ1v) is 7.35. The molecule has 0 saturated heterocycles. The fourth-order valence-electron chi connectivity index (χ4n) is 1.92. The molecule has 128 valence electrons. The van der Waals surface area contributed by atoms with Gasteiger partial charge in [0, 0.05) is 11.6 Å². The predicted molar refractivity (Wildman–Crippen MR) is 90.2 cm³/mol. The van der Waals surface area contributed by atoms with Gasteiger partial charge in [-0.15, -0.1) is 10.2 Å². The van der Waals surface area contributed by atoms with E-state index in [4.69, 9.17) is 4.74 Å². The molecule has 0 fully saturated rings. The summed E-state index contributed by atoms with van der Waals surface area (Å²) >= 11 is 0. The SMILES string of the molecule is CCOC(=O)/C(N=Nc1ccccc1[N+](=O)[O-])=C(\O)c1ccccc1. The van der Waals surface area contributed by atoms with Crippen LogP contribution in [0.1, 0.15) is 12.5 Å². The van der Waals surface area contributed by atoms with Gasteiger partial charge in [-0.3, -0.25) is 10.1 Å². The van der Waals surface area contributed by atoms with Crippen LogP contribution < -0.4 is 0 Å². The predicted octanol–water partition coefficient (Wildman–Crippen LogP) is 4.17. The summed E-state index contributed by atoms with van der Waals surface area (Å²) in [5, 5.41) is 28.8. The Kier molecular flexibility index (Phi) is 5.94. The van der Waals surface area contributed by atoms with Crippen LogP contribution >= 0.6 is 0 Å². The maximum absolute atomic E-state index is 12.1. The number of para-hydroxylation sites is 1. The first-order valence-electron chi connectivity index (χ1n) is 7.35. The van der Waals surface area contributed by atoms with Crippen LogP contribution in [0.4, 0.5) is 11.4 Å². The van der Waals surface area contributed by atoms with Crippen LogP contribution in [0.3, 0.4) is 0 Å². The number of aliphatic hydroxyl groups excluding tert-OH is 1. The number of ether oxygens (including phenoxy) is 1. The molecule has 0 bridgehead atoms. The normalized spacial score (nSPS) is 11.9. The van der Waals surface area contributed by atoms with Crippen LogP contribution in [0.2, 0.25) is 0 Å². The van der Waals surface area contributed by atoms with Gasteiger partial charge in [0.15, 0.2) is 11.4 Å². The Balaban J connectivity index is 2.48. The van der Waals surface area contributed by atoms with Gasteiger partial charge in [-0.1, -0.05) is 42.5 Å². The van der Waals surface area contributed by atoms with E-state index in [9.17, 15) is 20.0 Å². The van der Waals surface area contributed by atoms with Crippen molar-refractivity contribution in [2.75, 3.05) is 6.61 Å². The number of rotatable bonds is 6. The van der Waals surface area contributed by atoms with E-state index in [0.29, 0.717) is 5.56 Å². The second-order valence-corrected chi connectivity index (χ2v) is 4.73. The van der Waals surface area contributed by atoms with Gasteiger partial charge in [-0.25, -0.2) is 4.79 Å². The Labute approximate surface area is 143 Å². The monoisotopic (exact) mass is 341 g/mol. The van der Waals surface area contributed by atoms with Gasteiger partial charge >= 0.3 is 5.97 Å². The molecule has 0 aliphatic carbocycles. The van der Waals surface area contributed by atoms with E-state index in [1.165, 1.54) is 18.2 Å². The number of benzene rings is 2. The molecule has 2 rings (SSSR count). The number of nitrogens with zero attached hydrogens (tertiary/aromatic N) is 3. The van der Waals surface area contributed by atoms with Crippen molar-refractivity contribution in [2.24, 2.45) is 10.2 Å². The van der Waals surface area contributed by atoms with Crippen molar-refractivity contribution in [3.05, 3.63) is 76.0 Å². The molecule has 0 spiro atoms.